The van der Waals surface area contributed by atoms with E-state index in [9.17, 15) is 19.5 Å². The summed E-state index contributed by atoms with van der Waals surface area (Å²) >= 11 is 0.981. The van der Waals surface area contributed by atoms with Crippen molar-refractivity contribution in [2.24, 2.45) is 5.41 Å². The van der Waals surface area contributed by atoms with E-state index in [1.165, 1.54) is 26.4 Å². The van der Waals surface area contributed by atoms with Gasteiger partial charge in [-0.1, -0.05) is 18.2 Å². The van der Waals surface area contributed by atoms with Gasteiger partial charge < -0.3 is 14.6 Å². The molecule has 0 aromatic heterocycles. The molecule has 0 bridgehead atoms. The van der Waals surface area contributed by atoms with Crippen LogP contribution in [0.4, 0.5) is 4.79 Å². The molecule has 1 aliphatic heterocycles. The summed E-state index contributed by atoms with van der Waals surface area (Å²) in [5.74, 6) is -1.64. The maximum atomic E-state index is 12.1. The number of carbonyl (C=O) groups excluding carboxylic acids is 2. The Balaban J connectivity index is 2.22. The van der Waals surface area contributed by atoms with Gasteiger partial charge in [0, 0.05) is 5.70 Å². The van der Waals surface area contributed by atoms with E-state index in [0.29, 0.717) is 5.75 Å². The standard InChI is InChI=1S/C16H17NO6S/c1-15(12(18)19)11(9-24-16(15,2)13(20)22-3)17-14(21)23-10-7-5-4-6-8-10/h4-9H,1-3H3,(H,17,21)(H,18,19). The first-order chi connectivity index (χ1) is 11.3. The highest BCUT2D eigenvalue weighted by atomic mass is 32.2. The SMILES string of the molecule is COC(=O)C1(C)SC=C(NC(=O)Oc2ccccc2)C1(C)C(=O)O. The van der Waals surface area contributed by atoms with Crippen molar-refractivity contribution in [3.63, 3.8) is 0 Å². The summed E-state index contributed by atoms with van der Waals surface area (Å²) in [5.41, 5.74) is -1.62. The number of carboxylic acids is 1. The van der Waals surface area contributed by atoms with Crippen molar-refractivity contribution in [2.75, 3.05) is 7.11 Å². The van der Waals surface area contributed by atoms with Gasteiger partial charge in [-0.05, 0) is 31.4 Å². The second-order valence-corrected chi connectivity index (χ2v) is 6.72. The van der Waals surface area contributed by atoms with Crippen LogP contribution in [0, 0.1) is 5.41 Å². The second-order valence-electron chi connectivity index (χ2n) is 5.43. The summed E-state index contributed by atoms with van der Waals surface area (Å²) in [4.78, 5) is 36.0. The van der Waals surface area contributed by atoms with Crippen LogP contribution in [0.2, 0.25) is 0 Å². The molecule has 2 unspecified atom stereocenters. The number of esters is 1. The Hall–Kier alpha value is -2.48. The third-order valence-electron chi connectivity index (χ3n) is 4.10. The monoisotopic (exact) mass is 351 g/mol. The number of carboxylic acid groups (broad SMARTS) is 1. The molecule has 2 atom stereocenters. The Morgan fingerprint density at radius 3 is 2.33 bits per heavy atom. The minimum atomic E-state index is -1.68. The van der Waals surface area contributed by atoms with Crippen LogP contribution in [-0.2, 0) is 14.3 Å². The van der Waals surface area contributed by atoms with Crippen molar-refractivity contribution >= 4 is 29.8 Å². The number of carbonyl (C=O) groups is 3. The van der Waals surface area contributed by atoms with Crippen molar-refractivity contribution in [3.8, 4) is 5.75 Å². The Labute approximate surface area is 143 Å². The lowest BCUT2D eigenvalue weighted by atomic mass is 9.75. The normalized spacial score (nSPS) is 25.5. The van der Waals surface area contributed by atoms with Gasteiger partial charge in [0.1, 0.15) is 15.9 Å². The zero-order valence-corrected chi connectivity index (χ0v) is 14.2. The van der Waals surface area contributed by atoms with E-state index >= 15 is 0 Å². The molecule has 1 aliphatic rings. The molecule has 0 aliphatic carbocycles. The summed E-state index contributed by atoms with van der Waals surface area (Å²) < 4.78 is 8.41. The van der Waals surface area contributed by atoms with Gasteiger partial charge in [0.05, 0.1) is 7.11 Å². The van der Waals surface area contributed by atoms with Crippen molar-refractivity contribution in [3.05, 3.63) is 41.4 Å². The molecule has 1 heterocycles. The lowest BCUT2D eigenvalue weighted by Crippen LogP contribution is -2.54. The van der Waals surface area contributed by atoms with Crippen molar-refractivity contribution < 1.29 is 29.0 Å². The highest BCUT2D eigenvalue weighted by molar-refractivity contribution is 8.04. The van der Waals surface area contributed by atoms with Gasteiger partial charge in [0.25, 0.3) is 0 Å². The van der Waals surface area contributed by atoms with E-state index in [4.69, 9.17) is 9.47 Å². The number of methoxy groups -OCH3 is 1. The first kappa shape index (κ1) is 17.9. The minimum Gasteiger partial charge on any atom is -0.480 e. The molecule has 1 aromatic rings. The van der Waals surface area contributed by atoms with Crippen LogP contribution in [-0.4, -0.2) is 35.0 Å². The maximum Gasteiger partial charge on any atom is 0.416 e. The Morgan fingerprint density at radius 1 is 1.17 bits per heavy atom. The molecule has 0 spiro atoms. The Kier molecular flexibility index (Phi) is 4.88. The summed E-state index contributed by atoms with van der Waals surface area (Å²) in [5, 5.41) is 13.5. The molecule has 24 heavy (non-hydrogen) atoms. The largest absolute Gasteiger partial charge is 0.480 e. The number of benzene rings is 1. The molecule has 0 saturated carbocycles. The zero-order chi connectivity index (χ0) is 18.0. The predicted octanol–water partition coefficient (Wildman–Crippen LogP) is 2.39. The number of hydrogen-bond acceptors (Lipinski definition) is 6. The number of hydrogen-bond donors (Lipinski definition) is 2. The first-order valence-electron chi connectivity index (χ1n) is 7.00. The third-order valence-corrected chi connectivity index (χ3v) is 5.50. The number of aliphatic carboxylic acids is 1. The van der Waals surface area contributed by atoms with Gasteiger partial charge in [-0.15, -0.1) is 11.8 Å². The van der Waals surface area contributed by atoms with E-state index in [0.717, 1.165) is 11.8 Å². The average Bonchev–Trinajstić information content (AvgIpc) is 2.82. The summed E-state index contributed by atoms with van der Waals surface area (Å²) in [6, 6.07) is 8.34. The van der Waals surface area contributed by atoms with E-state index in [-0.39, 0.29) is 5.70 Å². The van der Waals surface area contributed by atoms with Crippen LogP contribution in [0.3, 0.4) is 0 Å². The minimum absolute atomic E-state index is 0.0637. The van der Waals surface area contributed by atoms with Crippen LogP contribution in [0.15, 0.2) is 41.4 Å². The van der Waals surface area contributed by atoms with Crippen LogP contribution < -0.4 is 10.1 Å². The van der Waals surface area contributed by atoms with Crippen LogP contribution >= 0.6 is 11.8 Å². The molecule has 128 valence electrons. The fraction of sp³-hybridized carbons (Fsp3) is 0.312. The van der Waals surface area contributed by atoms with Crippen molar-refractivity contribution in [1.29, 1.82) is 0 Å². The molecule has 1 amide bonds. The Bertz CT molecular complexity index is 704. The van der Waals surface area contributed by atoms with Gasteiger partial charge in [0.15, 0.2) is 0 Å². The smallest absolute Gasteiger partial charge is 0.416 e. The molecule has 0 saturated heterocycles. The van der Waals surface area contributed by atoms with Gasteiger partial charge >= 0.3 is 18.0 Å². The van der Waals surface area contributed by atoms with E-state index in [1.807, 2.05) is 0 Å². The fourth-order valence-electron chi connectivity index (χ4n) is 2.32. The van der Waals surface area contributed by atoms with Crippen LogP contribution in [0.1, 0.15) is 13.8 Å². The van der Waals surface area contributed by atoms with Crippen molar-refractivity contribution in [1.82, 2.24) is 5.32 Å². The molecule has 2 rings (SSSR count). The average molecular weight is 351 g/mol. The lowest BCUT2D eigenvalue weighted by molar-refractivity contribution is -0.157. The highest BCUT2D eigenvalue weighted by Crippen LogP contribution is 2.54. The van der Waals surface area contributed by atoms with Crippen LogP contribution in [0.5, 0.6) is 5.75 Å². The molecule has 0 radical (unpaired) electrons. The number of rotatable bonds is 4. The van der Waals surface area contributed by atoms with E-state index in [1.54, 1.807) is 30.3 Å². The molecular formula is C16H17NO6S. The van der Waals surface area contributed by atoms with Crippen molar-refractivity contribution in [2.45, 2.75) is 18.6 Å². The summed E-state index contributed by atoms with van der Waals surface area (Å²) in [7, 11) is 1.19. The number of amides is 1. The first-order valence-corrected chi connectivity index (χ1v) is 7.88. The molecule has 1 aromatic carbocycles. The third kappa shape index (κ3) is 2.84. The maximum absolute atomic E-state index is 12.1. The summed E-state index contributed by atoms with van der Waals surface area (Å²) in [6.07, 6.45) is -0.838. The number of para-hydroxylation sites is 1. The number of thioether (sulfide) groups is 1. The van der Waals surface area contributed by atoms with Gasteiger partial charge in [-0.3, -0.25) is 14.9 Å². The number of nitrogens with one attached hydrogen (secondary N) is 1. The molecule has 2 N–H and O–H groups in total. The highest BCUT2D eigenvalue weighted by Gasteiger charge is 2.62. The predicted molar refractivity (Wildman–Crippen MR) is 87.4 cm³/mol. The van der Waals surface area contributed by atoms with Gasteiger partial charge in [0.2, 0.25) is 0 Å². The van der Waals surface area contributed by atoms with Crippen LogP contribution in [0.25, 0.3) is 0 Å². The topological polar surface area (TPSA) is 102 Å². The quantitative estimate of drug-likeness (QED) is 0.803. The van der Waals surface area contributed by atoms with E-state index < -0.39 is 28.2 Å². The zero-order valence-electron chi connectivity index (χ0n) is 13.4. The lowest BCUT2D eigenvalue weighted by Gasteiger charge is -2.35. The molecule has 8 heteroatoms. The Morgan fingerprint density at radius 2 is 1.79 bits per heavy atom. The fourth-order valence-corrected chi connectivity index (χ4v) is 3.58. The summed E-state index contributed by atoms with van der Waals surface area (Å²) in [6.45, 7) is 2.83. The van der Waals surface area contributed by atoms with Gasteiger partial charge in [-0.25, -0.2) is 4.79 Å². The molecule has 0 fully saturated rings. The van der Waals surface area contributed by atoms with E-state index in [2.05, 4.69) is 5.32 Å². The number of ether oxygens (including phenoxy) is 2. The molecule has 7 nitrogen and oxygen atoms in total. The second kappa shape index (κ2) is 6.56. The molecular weight excluding hydrogens is 334 g/mol. The van der Waals surface area contributed by atoms with Gasteiger partial charge in [-0.2, -0.15) is 0 Å².